The minimum absolute atomic E-state index is 0.0348. The molecule has 1 saturated carbocycles. The van der Waals surface area contributed by atoms with Gasteiger partial charge in [-0.25, -0.2) is 0 Å². The van der Waals surface area contributed by atoms with E-state index in [-0.39, 0.29) is 12.2 Å². The zero-order valence-electron chi connectivity index (χ0n) is 11.7. The lowest BCUT2D eigenvalue weighted by atomic mass is 10.0. The summed E-state index contributed by atoms with van der Waals surface area (Å²) in [5.41, 5.74) is 3.67. The summed E-state index contributed by atoms with van der Waals surface area (Å²) in [6.07, 6.45) is 4.98. The predicted molar refractivity (Wildman–Crippen MR) is 74.2 cm³/mol. The van der Waals surface area contributed by atoms with E-state index >= 15 is 0 Å². The van der Waals surface area contributed by atoms with Crippen molar-refractivity contribution in [1.82, 2.24) is 0 Å². The third kappa shape index (κ3) is 3.05. The molecule has 0 amide bonds. The van der Waals surface area contributed by atoms with Crippen molar-refractivity contribution in [2.45, 2.75) is 65.1 Å². The van der Waals surface area contributed by atoms with Gasteiger partial charge in [0.2, 0.25) is 0 Å². The van der Waals surface area contributed by atoms with E-state index in [0.717, 1.165) is 31.4 Å². The molecule has 1 N–H and O–H groups in total. The average molecular weight is 248 g/mol. The van der Waals surface area contributed by atoms with E-state index in [1.54, 1.807) is 0 Å². The lowest BCUT2D eigenvalue weighted by Crippen LogP contribution is -2.30. The highest BCUT2D eigenvalue weighted by molar-refractivity contribution is 5.42. The van der Waals surface area contributed by atoms with Gasteiger partial charge in [0.25, 0.3) is 0 Å². The van der Waals surface area contributed by atoms with Crippen molar-refractivity contribution in [1.29, 1.82) is 0 Å². The number of benzene rings is 1. The Kier molecular flexibility index (Phi) is 4.28. The number of hydrogen-bond donors (Lipinski definition) is 1. The van der Waals surface area contributed by atoms with Crippen molar-refractivity contribution in [2.24, 2.45) is 0 Å². The highest BCUT2D eigenvalue weighted by Crippen LogP contribution is 2.28. The van der Waals surface area contributed by atoms with Crippen LogP contribution in [-0.4, -0.2) is 17.3 Å². The maximum atomic E-state index is 10.1. The summed E-state index contributed by atoms with van der Waals surface area (Å²) in [7, 11) is 0. The van der Waals surface area contributed by atoms with Crippen molar-refractivity contribution < 1.29 is 9.84 Å². The second-order valence-electron chi connectivity index (χ2n) is 5.57. The molecule has 2 rings (SSSR count). The van der Waals surface area contributed by atoms with Gasteiger partial charge in [-0.15, -0.1) is 0 Å². The molecule has 1 fully saturated rings. The molecule has 18 heavy (non-hydrogen) atoms. The minimum atomic E-state index is -0.312. The van der Waals surface area contributed by atoms with Gasteiger partial charge >= 0.3 is 0 Å². The molecule has 0 heterocycles. The quantitative estimate of drug-likeness (QED) is 0.809. The smallest absolute Gasteiger partial charge is 0.124 e. The Morgan fingerprint density at radius 2 is 1.78 bits per heavy atom. The molecule has 0 bridgehead atoms. The van der Waals surface area contributed by atoms with Crippen LogP contribution in [0, 0.1) is 20.8 Å². The van der Waals surface area contributed by atoms with Crippen LogP contribution in [0.25, 0.3) is 0 Å². The van der Waals surface area contributed by atoms with Gasteiger partial charge in [-0.05, 0) is 62.8 Å². The van der Waals surface area contributed by atoms with E-state index in [4.69, 9.17) is 4.74 Å². The van der Waals surface area contributed by atoms with Gasteiger partial charge in [-0.2, -0.15) is 0 Å². The van der Waals surface area contributed by atoms with Crippen molar-refractivity contribution in [3.63, 3.8) is 0 Å². The van der Waals surface area contributed by atoms with E-state index in [2.05, 4.69) is 32.9 Å². The van der Waals surface area contributed by atoms with Crippen LogP contribution in [0.4, 0.5) is 0 Å². The summed E-state index contributed by atoms with van der Waals surface area (Å²) < 4.78 is 6.09. The molecule has 0 aliphatic heterocycles. The Morgan fingerprint density at radius 3 is 2.56 bits per heavy atom. The van der Waals surface area contributed by atoms with Crippen molar-refractivity contribution in [3.05, 3.63) is 28.8 Å². The summed E-state index contributed by atoms with van der Waals surface area (Å²) >= 11 is 0. The van der Waals surface area contributed by atoms with Gasteiger partial charge in [0, 0.05) is 0 Å². The van der Waals surface area contributed by atoms with Gasteiger partial charge < -0.3 is 9.84 Å². The van der Waals surface area contributed by atoms with E-state index in [9.17, 15) is 5.11 Å². The molecule has 0 radical (unpaired) electrons. The summed E-state index contributed by atoms with van der Waals surface area (Å²) in [6.45, 7) is 6.29. The molecule has 2 nitrogen and oxygen atoms in total. The third-order valence-corrected chi connectivity index (χ3v) is 3.96. The lowest BCUT2D eigenvalue weighted by Gasteiger charge is -2.24. The van der Waals surface area contributed by atoms with Gasteiger partial charge in [0.15, 0.2) is 0 Å². The van der Waals surface area contributed by atoms with E-state index in [1.807, 2.05) is 0 Å². The fourth-order valence-electron chi connectivity index (χ4n) is 2.68. The van der Waals surface area contributed by atoms with Crippen LogP contribution in [-0.2, 0) is 0 Å². The van der Waals surface area contributed by atoms with Crippen LogP contribution >= 0.6 is 0 Å². The number of rotatable bonds is 2. The number of ether oxygens (including phenoxy) is 1. The Balaban J connectivity index is 2.17. The summed E-state index contributed by atoms with van der Waals surface area (Å²) in [4.78, 5) is 0. The topological polar surface area (TPSA) is 29.5 Å². The molecule has 1 aliphatic rings. The Morgan fingerprint density at radius 1 is 1.06 bits per heavy atom. The number of hydrogen-bond acceptors (Lipinski definition) is 2. The Labute approximate surface area is 110 Å². The molecule has 100 valence electrons. The van der Waals surface area contributed by atoms with Gasteiger partial charge in [-0.3, -0.25) is 0 Å². The number of aryl methyl sites for hydroxylation is 2. The molecule has 0 saturated heterocycles. The minimum Gasteiger partial charge on any atom is -0.487 e. The number of aliphatic hydroxyl groups excluding tert-OH is 1. The van der Waals surface area contributed by atoms with E-state index in [1.165, 1.54) is 23.1 Å². The molecular formula is C16H24O2. The monoisotopic (exact) mass is 248 g/mol. The summed E-state index contributed by atoms with van der Waals surface area (Å²) in [5, 5.41) is 10.1. The standard InChI is InChI=1S/C16H24O2/c1-11-9-12(2)13(3)16(10-11)18-15-8-6-4-5-7-14(15)17/h9-10,14-15,17H,4-8H2,1-3H3. The molecule has 0 aromatic heterocycles. The third-order valence-electron chi connectivity index (χ3n) is 3.96. The fraction of sp³-hybridized carbons (Fsp3) is 0.625. The Hall–Kier alpha value is -1.02. The maximum absolute atomic E-state index is 10.1. The van der Waals surface area contributed by atoms with E-state index in [0.29, 0.717) is 0 Å². The molecule has 2 atom stereocenters. The largest absolute Gasteiger partial charge is 0.487 e. The first kappa shape index (κ1) is 13.4. The van der Waals surface area contributed by atoms with Crippen molar-refractivity contribution >= 4 is 0 Å². The van der Waals surface area contributed by atoms with Crippen LogP contribution in [0.15, 0.2) is 12.1 Å². The summed E-state index contributed by atoms with van der Waals surface area (Å²) in [6, 6.07) is 4.26. The molecule has 1 aromatic carbocycles. The first-order chi connectivity index (χ1) is 8.58. The van der Waals surface area contributed by atoms with Crippen LogP contribution < -0.4 is 4.74 Å². The van der Waals surface area contributed by atoms with Gasteiger partial charge in [0.1, 0.15) is 11.9 Å². The van der Waals surface area contributed by atoms with Crippen LogP contribution in [0.3, 0.4) is 0 Å². The van der Waals surface area contributed by atoms with Gasteiger partial charge in [0.05, 0.1) is 6.10 Å². The molecule has 1 aromatic rings. The molecule has 0 spiro atoms. The first-order valence-corrected chi connectivity index (χ1v) is 7.00. The first-order valence-electron chi connectivity index (χ1n) is 7.00. The highest BCUT2D eigenvalue weighted by Gasteiger charge is 2.23. The zero-order valence-corrected chi connectivity index (χ0v) is 11.7. The normalized spacial score (nSPS) is 24.7. The molecule has 2 unspecified atom stereocenters. The SMILES string of the molecule is Cc1cc(C)c(C)c(OC2CCCCCC2O)c1. The van der Waals surface area contributed by atoms with Crippen LogP contribution in [0.2, 0.25) is 0 Å². The van der Waals surface area contributed by atoms with Crippen LogP contribution in [0.5, 0.6) is 5.75 Å². The maximum Gasteiger partial charge on any atom is 0.124 e. The van der Waals surface area contributed by atoms with Crippen LogP contribution in [0.1, 0.15) is 48.8 Å². The lowest BCUT2D eigenvalue weighted by molar-refractivity contribution is 0.0315. The molecule has 1 aliphatic carbocycles. The van der Waals surface area contributed by atoms with E-state index < -0.39 is 0 Å². The average Bonchev–Trinajstić information content (AvgIpc) is 2.51. The second-order valence-corrected chi connectivity index (χ2v) is 5.57. The summed E-state index contributed by atoms with van der Waals surface area (Å²) in [5.74, 6) is 0.943. The highest BCUT2D eigenvalue weighted by atomic mass is 16.5. The van der Waals surface area contributed by atoms with Gasteiger partial charge in [-0.1, -0.05) is 18.9 Å². The predicted octanol–water partition coefficient (Wildman–Crippen LogP) is 3.68. The number of aliphatic hydroxyl groups is 1. The molecule has 2 heteroatoms. The van der Waals surface area contributed by atoms with Crippen molar-refractivity contribution in [2.75, 3.05) is 0 Å². The molecular weight excluding hydrogens is 224 g/mol. The van der Waals surface area contributed by atoms with Crippen molar-refractivity contribution in [3.8, 4) is 5.75 Å². The Bertz CT molecular complexity index is 412. The zero-order chi connectivity index (χ0) is 13.1. The second kappa shape index (κ2) is 5.75. The fourth-order valence-corrected chi connectivity index (χ4v) is 2.68.